The molecule has 0 unspecified atom stereocenters. The van der Waals surface area contributed by atoms with Gasteiger partial charge in [0.1, 0.15) is 5.82 Å². The molecule has 0 saturated heterocycles. The first kappa shape index (κ1) is 13.5. The highest BCUT2D eigenvalue weighted by Crippen LogP contribution is 2.23. The van der Waals surface area contributed by atoms with Gasteiger partial charge in [0, 0.05) is 0 Å². The van der Waals surface area contributed by atoms with Gasteiger partial charge in [-0.15, -0.1) is 0 Å². The Kier molecular flexibility index (Phi) is 3.57. The Labute approximate surface area is 111 Å². The number of nitrogen functional groups attached to an aromatic ring is 1. The first-order valence-electron chi connectivity index (χ1n) is 5.72. The Morgan fingerprint density at radius 2 is 1.84 bits per heavy atom. The van der Waals surface area contributed by atoms with Crippen LogP contribution in [0.15, 0.2) is 47.4 Å². The van der Waals surface area contributed by atoms with Gasteiger partial charge in [-0.25, -0.2) is 12.8 Å². The molecule has 0 atom stereocenters. The molecule has 19 heavy (non-hydrogen) atoms. The summed E-state index contributed by atoms with van der Waals surface area (Å²) in [4.78, 5) is 0.0821. The normalized spacial score (nSPS) is 11.5. The third-order valence-corrected chi connectivity index (χ3v) is 4.64. The summed E-state index contributed by atoms with van der Waals surface area (Å²) in [5.74, 6) is -0.706. The predicted octanol–water partition coefficient (Wildman–Crippen LogP) is 2.69. The molecule has 0 radical (unpaired) electrons. The molecule has 0 bridgehead atoms. The van der Waals surface area contributed by atoms with Crippen LogP contribution >= 0.6 is 0 Å². The maximum absolute atomic E-state index is 13.2. The quantitative estimate of drug-likeness (QED) is 0.879. The van der Waals surface area contributed by atoms with Crippen molar-refractivity contribution in [1.29, 1.82) is 0 Å². The lowest BCUT2D eigenvalue weighted by Crippen LogP contribution is -2.09. The van der Waals surface area contributed by atoms with Crippen molar-refractivity contribution in [2.45, 2.75) is 17.6 Å². The van der Waals surface area contributed by atoms with Crippen molar-refractivity contribution < 1.29 is 12.8 Å². The number of benzene rings is 2. The topological polar surface area (TPSA) is 60.2 Å². The fraction of sp³-hybridized carbons (Fsp3) is 0.143. The zero-order valence-corrected chi connectivity index (χ0v) is 11.2. The van der Waals surface area contributed by atoms with E-state index in [0.29, 0.717) is 5.56 Å². The maximum atomic E-state index is 13.2. The van der Waals surface area contributed by atoms with Gasteiger partial charge in [0.2, 0.25) is 0 Å². The SMILES string of the molecule is Cc1ccc(F)cc1CS(=O)(=O)c1ccccc1N. The number of aryl methyl sites for hydroxylation is 1. The molecule has 2 rings (SSSR count). The van der Waals surface area contributed by atoms with Crippen LogP contribution in [-0.4, -0.2) is 8.42 Å². The lowest BCUT2D eigenvalue weighted by Gasteiger charge is -2.09. The molecule has 0 fully saturated rings. The van der Waals surface area contributed by atoms with Gasteiger partial charge in [-0.2, -0.15) is 0 Å². The van der Waals surface area contributed by atoms with Gasteiger partial charge in [-0.1, -0.05) is 18.2 Å². The lowest BCUT2D eigenvalue weighted by atomic mass is 10.1. The number of hydrogen-bond donors (Lipinski definition) is 1. The van der Waals surface area contributed by atoms with Gasteiger partial charge in [0.25, 0.3) is 0 Å². The van der Waals surface area contributed by atoms with Gasteiger partial charge >= 0.3 is 0 Å². The van der Waals surface area contributed by atoms with Crippen LogP contribution in [0.1, 0.15) is 11.1 Å². The number of hydrogen-bond acceptors (Lipinski definition) is 3. The molecule has 3 nitrogen and oxygen atoms in total. The summed E-state index contributed by atoms with van der Waals surface area (Å²) in [5.41, 5.74) is 7.06. The molecule has 0 saturated carbocycles. The summed E-state index contributed by atoms with van der Waals surface area (Å²) in [6, 6.07) is 10.4. The Balaban J connectivity index is 2.43. The van der Waals surface area contributed by atoms with E-state index in [0.717, 1.165) is 5.56 Å². The number of rotatable bonds is 3. The summed E-state index contributed by atoms with van der Waals surface area (Å²) in [7, 11) is -3.57. The fourth-order valence-corrected chi connectivity index (χ4v) is 3.43. The van der Waals surface area contributed by atoms with Crippen LogP contribution in [0.25, 0.3) is 0 Å². The van der Waals surface area contributed by atoms with Crippen LogP contribution in [0.3, 0.4) is 0 Å². The zero-order chi connectivity index (χ0) is 14.0. The maximum Gasteiger partial charge on any atom is 0.184 e. The highest BCUT2D eigenvalue weighted by atomic mass is 32.2. The van der Waals surface area contributed by atoms with E-state index in [2.05, 4.69) is 0 Å². The Morgan fingerprint density at radius 1 is 1.16 bits per heavy atom. The molecule has 0 amide bonds. The molecule has 0 aliphatic carbocycles. The molecule has 2 aromatic carbocycles. The van der Waals surface area contributed by atoms with Crippen LogP contribution in [-0.2, 0) is 15.6 Å². The average Bonchev–Trinajstić information content (AvgIpc) is 2.34. The number of nitrogens with two attached hydrogens (primary N) is 1. The summed E-state index contributed by atoms with van der Waals surface area (Å²) in [5, 5.41) is 0. The van der Waals surface area contributed by atoms with Gasteiger partial charge in [0.15, 0.2) is 9.84 Å². The molecule has 0 heterocycles. The van der Waals surface area contributed by atoms with Gasteiger partial charge in [-0.05, 0) is 42.3 Å². The summed E-state index contributed by atoms with van der Waals surface area (Å²) in [6.07, 6.45) is 0. The van der Waals surface area contributed by atoms with Crippen LogP contribution < -0.4 is 5.73 Å². The molecule has 100 valence electrons. The zero-order valence-electron chi connectivity index (χ0n) is 10.4. The van der Waals surface area contributed by atoms with E-state index in [9.17, 15) is 12.8 Å². The minimum atomic E-state index is -3.57. The van der Waals surface area contributed by atoms with Crippen LogP contribution in [0.4, 0.5) is 10.1 Å². The van der Waals surface area contributed by atoms with Crippen molar-refractivity contribution in [1.82, 2.24) is 0 Å². The molecular formula is C14H14FNO2S. The second-order valence-corrected chi connectivity index (χ2v) is 6.33. The van der Waals surface area contributed by atoms with Gasteiger partial charge in [-0.3, -0.25) is 0 Å². The summed E-state index contributed by atoms with van der Waals surface area (Å²) >= 11 is 0. The van der Waals surface area contributed by atoms with Crippen molar-refractivity contribution in [3.63, 3.8) is 0 Å². The van der Waals surface area contributed by atoms with E-state index in [4.69, 9.17) is 5.73 Å². The first-order valence-corrected chi connectivity index (χ1v) is 7.37. The molecule has 0 aliphatic rings. The van der Waals surface area contributed by atoms with E-state index in [1.54, 1.807) is 25.1 Å². The molecular weight excluding hydrogens is 265 g/mol. The Hall–Kier alpha value is -1.88. The summed E-state index contributed by atoms with van der Waals surface area (Å²) < 4.78 is 37.8. The van der Waals surface area contributed by atoms with Gasteiger partial charge in [0.05, 0.1) is 16.3 Å². The third kappa shape index (κ3) is 2.93. The average molecular weight is 279 g/mol. The number of para-hydroxylation sites is 1. The number of anilines is 1. The minimum Gasteiger partial charge on any atom is -0.398 e. The smallest absolute Gasteiger partial charge is 0.184 e. The molecule has 0 aliphatic heterocycles. The number of halogens is 1. The largest absolute Gasteiger partial charge is 0.398 e. The monoisotopic (exact) mass is 279 g/mol. The highest BCUT2D eigenvalue weighted by Gasteiger charge is 2.19. The van der Waals surface area contributed by atoms with E-state index in [1.165, 1.54) is 24.3 Å². The van der Waals surface area contributed by atoms with E-state index in [-0.39, 0.29) is 16.3 Å². The Bertz CT molecular complexity index is 711. The number of sulfone groups is 1. The van der Waals surface area contributed by atoms with Crippen molar-refractivity contribution in [3.8, 4) is 0 Å². The third-order valence-electron chi connectivity index (χ3n) is 2.91. The highest BCUT2D eigenvalue weighted by molar-refractivity contribution is 7.90. The first-order chi connectivity index (χ1) is 8.90. The summed E-state index contributed by atoms with van der Waals surface area (Å²) in [6.45, 7) is 1.75. The van der Waals surface area contributed by atoms with Crippen molar-refractivity contribution in [2.24, 2.45) is 0 Å². The van der Waals surface area contributed by atoms with E-state index >= 15 is 0 Å². The van der Waals surface area contributed by atoms with Gasteiger partial charge < -0.3 is 5.73 Å². The molecule has 2 N–H and O–H groups in total. The van der Waals surface area contributed by atoms with Crippen LogP contribution in [0, 0.1) is 12.7 Å². The van der Waals surface area contributed by atoms with E-state index < -0.39 is 15.7 Å². The molecule has 2 aromatic rings. The second kappa shape index (κ2) is 5.01. The second-order valence-electron chi connectivity index (χ2n) is 4.37. The van der Waals surface area contributed by atoms with Crippen molar-refractivity contribution in [3.05, 3.63) is 59.4 Å². The van der Waals surface area contributed by atoms with E-state index in [1.807, 2.05) is 0 Å². The molecule has 5 heteroatoms. The fourth-order valence-electron chi connectivity index (χ4n) is 1.84. The molecule has 0 aromatic heterocycles. The predicted molar refractivity (Wildman–Crippen MR) is 72.9 cm³/mol. The molecule has 0 spiro atoms. The lowest BCUT2D eigenvalue weighted by molar-refractivity contribution is 0.595. The van der Waals surface area contributed by atoms with Crippen LogP contribution in [0.2, 0.25) is 0 Å². The van der Waals surface area contributed by atoms with Crippen molar-refractivity contribution >= 4 is 15.5 Å². The standard InChI is InChI=1S/C14H14FNO2S/c1-10-6-7-12(15)8-11(10)9-19(17,18)14-5-3-2-4-13(14)16/h2-8H,9,16H2,1H3. The minimum absolute atomic E-state index is 0.0821. The Morgan fingerprint density at radius 3 is 2.53 bits per heavy atom. The van der Waals surface area contributed by atoms with Crippen LogP contribution in [0.5, 0.6) is 0 Å². The van der Waals surface area contributed by atoms with Crippen molar-refractivity contribution in [2.75, 3.05) is 5.73 Å².